The molecular weight excluding hydrogens is 392 g/mol. The summed E-state index contributed by atoms with van der Waals surface area (Å²) in [6, 6.07) is 15.7. The second-order valence-electron chi connectivity index (χ2n) is 7.68. The van der Waals surface area contributed by atoms with Gasteiger partial charge in [-0.3, -0.25) is 0 Å². The van der Waals surface area contributed by atoms with Gasteiger partial charge in [0.1, 0.15) is 11.0 Å². The van der Waals surface area contributed by atoms with E-state index in [1.165, 1.54) is 3.97 Å². The van der Waals surface area contributed by atoms with Crippen molar-refractivity contribution in [3.05, 3.63) is 65.9 Å². The Kier molecular flexibility index (Phi) is 5.34. The van der Waals surface area contributed by atoms with Gasteiger partial charge in [-0.2, -0.15) is 4.40 Å². The third-order valence-corrected chi connectivity index (χ3v) is 7.69. The van der Waals surface area contributed by atoms with Crippen LogP contribution in [0.5, 0.6) is 0 Å². The fourth-order valence-corrected chi connectivity index (χ4v) is 5.08. The first kappa shape index (κ1) is 20.5. The molecule has 0 bridgehead atoms. The van der Waals surface area contributed by atoms with E-state index in [4.69, 9.17) is 0 Å². The number of aryl methyl sites for hydroxylation is 1. The molecule has 0 fully saturated rings. The SMILES string of the molecule is CC(=NS(=O)C(C)(C)C)c1ccc2c(c1)cc(C)n2S(=O)(=O)c1ccccc1. The number of hydrogen-bond acceptors (Lipinski definition) is 3. The van der Waals surface area contributed by atoms with Gasteiger partial charge in [0.2, 0.25) is 0 Å². The smallest absolute Gasteiger partial charge is 0.238 e. The van der Waals surface area contributed by atoms with Crippen LogP contribution in [0.15, 0.2) is 63.9 Å². The Bertz CT molecular complexity index is 1190. The molecular formula is C21H24N2O3S2. The molecule has 0 radical (unpaired) electrons. The first-order valence-electron chi connectivity index (χ1n) is 8.92. The lowest BCUT2D eigenvalue weighted by Gasteiger charge is -2.14. The van der Waals surface area contributed by atoms with E-state index >= 15 is 0 Å². The molecule has 0 amide bonds. The number of nitrogens with zero attached hydrogens (tertiary/aromatic N) is 2. The quantitative estimate of drug-likeness (QED) is 0.590. The average Bonchev–Trinajstić information content (AvgIpc) is 2.97. The van der Waals surface area contributed by atoms with Crippen LogP contribution in [-0.4, -0.2) is 27.1 Å². The lowest BCUT2D eigenvalue weighted by atomic mass is 10.1. The van der Waals surface area contributed by atoms with Crippen molar-refractivity contribution < 1.29 is 12.6 Å². The summed E-state index contributed by atoms with van der Waals surface area (Å²) in [6.45, 7) is 9.22. The summed E-state index contributed by atoms with van der Waals surface area (Å²) < 4.78 is 43.7. The molecule has 1 aromatic heterocycles. The summed E-state index contributed by atoms with van der Waals surface area (Å²) in [4.78, 5) is 0.248. The van der Waals surface area contributed by atoms with E-state index in [2.05, 4.69) is 4.40 Å². The van der Waals surface area contributed by atoms with Gasteiger partial charge < -0.3 is 0 Å². The summed E-state index contributed by atoms with van der Waals surface area (Å²) in [7, 11) is -5.04. The Hall–Kier alpha value is -2.25. The third-order valence-electron chi connectivity index (χ3n) is 4.37. The molecule has 148 valence electrons. The molecule has 0 spiro atoms. The van der Waals surface area contributed by atoms with Gasteiger partial charge in [-0.1, -0.05) is 24.3 Å². The van der Waals surface area contributed by atoms with Crippen LogP contribution in [0, 0.1) is 6.92 Å². The van der Waals surface area contributed by atoms with Gasteiger partial charge in [0.05, 0.1) is 20.9 Å². The number of rotatable bonds is 4. The Morgan fingerprint density at radius 1 is 1.04 bits per heavy atom. The number of hydrogen-bond donors (Lipinski definition) is 0. The Morgan fingerprint density at radius 2 is 1.68 bits per heavy atom. The maximum Gasteiger partial charge on any atom is 0.268 e. The van der Waals surface area contributed by atoms with E-state index in [9.17, 15) is 12.6 Å². The molecule has 2 aromatic carbocycles. The molecule has 1 unspecified atom stereocenters. The minimum atomic E-state index is -3.69. The van der Waals surface area contributed by atoms with Crippen molar-refractivity contribution in [1.82, 2.24) is 3.97 Å². The first-order valence-corrected chi connectivity index (χ1v) is 11.5. The molecule has 0 saturated heterocycles. The lowest BCUT2D eigenvalue weighted by Crippen LogP contribution is -2.20. The zero-order valence-corrected chi connectivity index (χ0v) is 18.3. The van der Waals surface area contributed by atoms with Gasteiger partial charge in [0.15, 0.2) is 0 Å². The van der Waals surface area contributed by atoms with Crippen LogP contribution >= 0.6 is 0 Å². The molecule has 1 atom stereocenters. The molecule has 0 aliphatic rings. The summed E-state index contributed by atoms with van der Waals surface area (Å²) in [5, 5.41) is 0.797. The van der Waals surface area contributed by atoms with E-state index < -0.39 is 25.8 Å². The Morgan fingerprint density at radius 3 is 2.29 bits per heavy atom. The van der Waals surface area contributed by atoms with E-state index in [1.54, 1.807) is 43.3 Å². The summed E-state index contributed by atoms with van der Waals surface area (Å²) >= 11 is 0. The molecule has 0 aliphatic heterocycles. The topological polar surface area (TPSA) is 68.5 Å². The Balaban J connectivity index is 2.10. The van der Waals surface area contributed by atoms with Crippen LogP contribution in [-0.2, 0) is 21.0 Å². The monoisotopic (exact) mass is 416 g/mol. The molecule has 0 aliphatic carbocycles. The van der Waals surface area contributed by atoms with Crippen LogP contribution in [0.4, 0.5) is 0 Å². The van der Waals surface area contributed by atoms with Gasteiger partial charge in [0, 0.05) is 11.1 Å². The van der Waals surface area contributed by atoms with E-state index in [1.807, 2.05) is 45.9 Å². The highest BCUT2D eigenvalue weighted by atomic mass is 32.2. The van der Waals surface area contributed by atoms with Crippen LogP contribution in [0.3, 0.4) is 0 Å². The van der Waals surface area contributed by atoms with Crippen LogP contribution in [0.1, 0.15) is 39.0 Å². The summed E-state index contributed by atoms with van der Waals surface area (Å²) in [6.07, 6.45) is 0. The average molecular weight is 417 g/mol. The standard InChI is InChI=1S/C21H24N2O3S2/c1-15-13-18-14-17(16(2)22-27(24)21(3,4)5)11-12-20(18)23(15)28(25,26)19-9-7-6-8-10-19/h6-14H,1-5H3. The number of aromatic nitrogens is 1. The normalized spacial score (nSPS) is 14.4. The first-order chi connectivity index (χ1) is 13.0. The molecule has 5 nitrogen and oxygen atoms in total. The highest BCUT2D eigenvalue weighted by molar-refractivity contribution is 7.90. The minimum absolute atomic E-state index is 0.248. The summed E-state index contributed by atoms with van der Waals surface area (Å²) in [5.41, 5.74) is 2.71. The zero-order valence-electron chi connectivity index (χ0n) is 16.6. The molecule has 3 rings (SSSR count). The van der Waals surface area contributed by atoms with E-state index in [-0.39, 0.29) is 4.90 Å². The molecule has 7 heteroatoms. The fraction of sp³-hybridized carbons (Fsp3) is 0.286. The third kappa shape index (κ3) is 3.82. The van der Waals surface area contributed by atoms with Crippen molar-refractivity contribution in [3.63, 3.8) is 0 Å². The minimum Gasteiger partial charge on any atom is -0.238 e. The van der Waals surface area contributed by atoms with Crippen molar-refractivity contribution in [1.29, 1.82) is 0 Å². The molecule has 0 saturated carbocycles. The molecule has 3 aromatic rings. The van der Waals surface area contributed by atoms with Crippen molar-refractivity contribution >= 4 is 37.6 Å². The lowest BCUT2D eigenvalue weighted by molar-refractivity contribution is 0.588. The fourth-order valence-electron chi connectivity index (χ4n) is 2.88. The predicted octanol–water partition coefficient (Wildman–Crippen LogP) is 4.46. The second-order valence-corrected chi connectivity index (χ2v) is 11.4. The maximum atomic E-state index is 13.1. The van der Waals surface area contributed by atoms with Crippen molar-refractivity contribution in [2.45, 2.75) is 44.3 Å². The largest absolute Gasteiger partial charge is 0.268 e. The van der Waals surface area contributed by atoms with Crippen molar-refractivity contribution in [2.24, 2.45) is 4.40 Å². The van der Waals surface area contributed by atoms with E-state index in [0.717, 1.165) is 10.9 Å². The van der Waals surface area contributed by atoms with Crippen LogP contribution in [0.2, 0.25) is 0 Å². The van der Waals surface area contributed by atoms with Crippen molar-refractivity contribution in [2.75, 3.05) is 0 Å². The van der Waals surface area contributed by atoms with Gasteiger partial charge >= 0.3 is 0 Å². The van der Waals surface area contributed by atoms with Crippen molar-refractivity contribution in [3.8, 4) is 0 Å². The van der Waals surface area contributed by atoms with Gasteiger partial charge in [-0.25, -0.2) is 16.6 Å². The molecule has 1 heterocycles. The zero-order chi connectivity index (χ0) is 20.7. The second kappa shape index (κ2) is 7.29. The Labute approximate surface area is 168 Å². The summed E-state index contributed by atoms with van der Waals surface area (Å²) in [5.74, 6) is 0. The predicted molar refractivity (Wildman–Crippen MR) is 116 cm³/mol. The maximum absolute atomic E-state index is 13.1. The van der Waals surface area contributed by atoms with E-state index in [0.29, 0.717) is 16.9 Å². The molecule has 28 heavy (non-hydrogen) atoms. The van der Waals surface area contributed by atoms with Gasteiger partial charge in [-0.05, 0) is 70.5 Å². The van der Waals surface area contributed by atoms with Crippen LogP contribution < -0.4 is 0 Å². The highest BCUT2D eigenvalue weighted by Crippen LogP contribution is 2.26. The van der Waals surface area contributed by atoms with Gasteiger partial charge in [-0.15, -0.1) is 0 Å². The molecule has 0 N–H and O–H groups in total. The highest BCUT2D eigenvalue weighted by Gasteiger charge is 2.22. The number of fused-ring (bicyclic) bond motifs is 1. The van der Waals surface area contributed by atoms with Crippen LogP contribution in [0.25, 0.3) is 10.9 Å². The van der Waals surface area contributed by atoms with Gasteiger partial charge in [0.25, 0.3) is 10.0 Å². The number of benzene rings is 2.